The third-order valence-electron chi connectivity index (χ3n) is 5.82. The average Bonchev–Trinajstić information content (AvgIpc) is 2.72. The van der Waals surface area contributed by atoms with Gasteiger partial charge in [-0.05, 0) is 64.7 Å². The van der Waals surface area contributed by atoms with Crippen LogP contribution in [-0.4, -0.2) is 41.8 Å². The molecule has 1 aliphatic carbocycles. The first kappa shape index (κ1) is 26.1. The molecule has 2 amide bonds. The molecule has 1 saturated carbocycles. The summed E-state index contributed by atoms with van der Waals surface area (Å²) in [5.41, 5.74) is 5.35. The van der Waals surface area contributed by atoms with Crippen molar-refractivity contribution in [3.63, 3.8) is 0 Å². The predicted molar refractivity (Wildman–Crippen MR) is 133 cm³/mol. The van der Waals surface area contributed by atoms with Gasteiger partial charge in [-0.2, -0.15) is 0 Å². The summed E-state index contributed by atoms with van der Waals surface area (Å²) in [6.07, 6.45) is 2.39. The SMILES string of the molecule is COc1cccc(Nc2nc(N[C@H](C3CCC3)[C@H](C)NC(=O)OC(C)(C)C)c(F)cc2C(N)=O)c1. The van der Waals surface area contributed by atoms with E-state index in [2.05, 4.69) is 20.9 Å². The van der Waals surface area contributed by atoms with Crippen LogP contribution in [0.5, 0.6) is 5.75 Å². The lowest BCUT2D eigenvalue weighted by atomic mass is 9.77. The van der Waals surface area contributed by atoms with Gasteiger partial charge in [-0.25, -0.2) is 14.2 Å². The van der Waals surface area contributed by atoms with E-state index in [1.807, 2.05) is 6.92 Å². The van der Waals surface area contributed by atoms with E-state index in [0.29, 0.717) is 11.4 Å². The smallest absolute Gasteiger partial charge is 0.407 e. The Morgan fingerprint density at radius 3 is 2.49 bits per heavy atom. The van der Waals surface area contributed by atoms with Gasteiger partial charge >= 0.3 is 6.09 Å². The van der Waals surface area contributed by atoms with Crippen LogP contribution in [0.4, 0.5) is 26.5 Å². The van der Waals surface area contributed by atoms with Crippen LogP contribution in [-0.2, 0) is 4.74 Å². The summed E-state index contributed by atoms with van der Waals surface area (Å²) >= 11 is 0. The number of alkyl carbamates (subject to hydrolysis) is 1. The molecule has 1 fully saturated rings. The van der Waals surface area contributed by atoms with Crippen LogP contribution >= 0.6 is 0 Å². The van der Waals surface area contributed by atoms with Gasteiger partial charge in [0.25, 0.3) is 5.91 Å². The van der Waals surface area contributed by atoms with Crippen LogP contribution in [0.1, 0.15) is 57.3 Å². The van der Waals surface area contributed by atoms with Crippen LogP contribution in [0, 0.1) is 11.7 Å². The zero-order valence-electron chi connectivity index (χ0n) is 20.8. The molecule has 1 heterocycles. The zero-order chi connectivity index (χ0) is 25.8. The minimum absolute atomic E-state index is 0.0462. The lowest BCUT2D eigenvalue weighted by molar-refractivity contribution is 0.0492. The van der Waals surface area contributed by atoms with Gasteiger partial charge in [0.05, 0.1) is 18.7 Å². The van der Waals surface area contributed by atoms with E-state index < -0.39 is 23.4 Å². The zero-order valence-corrected chi connectivity index (χ0v) is 20.8. The molecule has 5 N–H and O–H groups in total. The number of amides is 2. The Bertz CT molecular complexity index is 1070. The highest BCUT2D eigenvalue weighted by Gasteiger charge is 2.34. The highest BCUT2D eigenvalue weighted by atomic mass is 19.1. The van der Waals surface area contributed by atoms with E-state index in [0.717, 1.165) is 25.3 Å². The lowest BCUT2D eigenvalue weighted by Gasteiger charge is -2.38. The van der Waals surface area contributed by atoms with Crippen molar-refractivity contribution in [1.29, 1.82) is 0 Å². The van der Waals surface area contributed by atoms with Crippen molar-refractivity contribution in [2.24, 2.45) is 11.7 Å². The molecule has 190 valence electrons. The number of halogens is 1. The van der Waals surface area contributed by atoms with Crippen LogP contribution in [0.25, 0.3) is 0 Å². The van der Waals surface area contributed by atoms with Crippen molar-refractivity contribution in [2.45, 2.75) is 64.6 Å². The topological polar surface area (TPSA) is 128 Å². The predicted octanol–water partition coefficient (Wildman–Crippen LogP) is 4.57. The fraction of sp³-hybridized carbons (Fsp3) is 0.480. The fourth-order valence-corrected chi connectivity index (χ4v) is 3.90. The third kappa shape index (κ3) is 6.97. The Morgan fingerprint density at radius 2 is 1.91 bits per heavy atom. The molecule has 0 saturated heterocycles. The molecule has 0 radical (unpaired) electrons. The normalized spacial score (nSPS) is 15.4. The lowest BCUT2D eigenvalue weighted by Crippen LogP contribution is -2.51. The number of carbonyl (C=O) groups is 2. The summed E-state index contributed by atoms with van der Waals surface area (Å²) in [6, 6.07) is 7.40. The number of benzene rings is 1. The number of primary amides is 1. The number of nitrogens with one attached hydrogen (secondary N) is 3. The molecule has 10 heteroatoms. The molecular formula is C25H34FN5O4. The van der Waals surface area contributed by atoms with Crippen LogP contribution < -0.4 is 26.4 Å². The number of hydrogen-bond donors (Lipinski definition) is 4. The first-order valence-electron chi connectivity index (χ1n) is 11.6. The van der Waals surface area contributed by atoms with Crippen molar-refractivity contribution in [1.82, 2.24) is 10.3 Å². The van der Waals surface area contributed by atoms with E-state index in [1.54, 1.807) is 52.1 Å². The molecule has 3 rings (SSSR count). The molecule has 1 aromatic carbocycles. The third-order valence-corrected chi connectivity index (χ3v) is 5.82. The Morgan fingerprint density at radius 1 is 1.20 bits per heavy atom. The molecule has 1 aliphatic rings. The van der Waals surface area contributed by atoms with Crippen LogP contribution in [0.2, 0.25) is 0 Å². The summed E-state index contributed by atoms with van der Waals surface area (Å²) < 4.78 is 25.7. The van der Waals surface area contributed by atoms with Crippen molar-refractivity contribution in [3.8, 4) is 5.75 Å². The summed E-state index contributed by atoms with van der Waals surface area (Å²) in [5, 5.41) is 9.03. The van der Waals surface area contributed by atoms with Gasteiger partial charge in [-0.3, -0.25) is 4.79 Å². The minimum atomic E-state index is -0.816. The summed E-state index contributed by atoms with van der Waals surface area (Å²) in [4.78, 5) is 28.7. The van der Waals surface area contributed by atoms with Crippen molar-refractivity contribution < 1.29 is 23.5 Å². The number of hydrogen-bond acceptors (Lipinski definition) is 7. The van der Waals surface area contributed by atoms with Gasteiger partial charge < -0.3 is 31.2 Å². The molecule has 35 heavy (non-hydrogen) atoms. The molecule has 0 bridgehead atoms. The second-order valence-electron chi connectivity index (χ2n) is 9.73. The Hall–Kier alpha value is -3.56. The maximum Gasteiger partial charge on any atom is 0.407 e. The molecule has 0 unspecified atom stereocenters. The van der Waals surface area contributed by atoms with Crippen molar-refractivity contribution in [3.05, 3.63) is 41.7 Å². The van der Waals surface area contributed by atoms with Gasteiger partial charge in [0.2, 0.25) is 0 Å². The summed E-state index contributed by atoms with van der Waals surface area (Å²) in [7, 11) is 1.54. The maximum atomic E-state index is 15.0. The van der Waals surface area contributed by atoms with Gasteiger partial charge in [0.1, 0.15) is 17.2 Å². The number of pyridine rings is 1. The maximum absolute atomic E-state index is 15.0. The number of nitrogens with two attached hydrogens (primary N) is 1. The van der Waals surface area contributed by atoms with Gasteiger partial charge in [0.15, 0.2) is 11.6 Å². The number of rotatable bonds is 9. The second-order valence-corrected chi connectivity index (χ2v) is 9.73. The molecule has 0 spiro atoms. The number of anilines is 3. The number of ether oxygens (including phenoxy) is 2. The van der Waals surface area contributed by atoms with E-state index in [9.17, 15) is 9.59 Å². The minimum Gasteiger partial charge on any atom is -0.497 e. The number of carbonyl (C=O) groups excluding carboxylic acids is 2. The summed E-state index contributed by atoms with van der Waals surface area (Å²) in [5.74, 6) is -0.660. The van der Waals surface area contributed by atoms with Gasteiger partial charge in [0, 0.05) is 17.8 Å². The monoisotopic (exact) mass is 487 g/mol. The highest BCUT2D eigenvalue weighted by molar-refractivity contribution is 5.98. The van der Waals surface area contributed by atoms with Crippen molar-refractivity contribution >= 4 is 29.3 Å². The van der Waals surface area contributed by atoms with E-state index in [1.165, 1.54) is 0 Å². The summed E-state index contributed by atoms with van der Waals surface area (Å²) in [6.45, 7) is 7.20. The first-order valence-corrected chi connectivity index (χ1v) is 11.6. The van der Waals surface area contributed by atoms with Crippen LogP contribution in [0.15, 0.2) is 30.3 Å². The molecule has 2 atom stereocenters. The Balaban J connectivity index is 1.87. The Kier molecular flexibility index (Phi) is 8.03. The number of aromatic nitrogens is 1. The molecular weight excluding hydrogens is 453 g/mol. The van der Waals surface area contributed by atoms with Gasteiger partial charge in [-0.15, -0.1) is 0 Å². The fourth-order valence-electron chi connectivity index (χ4n) is 3.90. The quantitative estimate of drug-likeness (QED) is 0.408. The van der Waals surface area contributed by atoms with Crippen molar-refractivity contribution in [2.75, 3.05) is 17.7 Å². The molecule has 2 aromatic rings. The Labute approximate surface area is 205 Å². The van der Waals surface area contributed by atoms with E-state index >= 15 is 4.39 Å². The average molecular weight is 488 g/mol. The molecule has 1 aromatic heterocycles. The second kappa shape index (κ2) is 10.8. The highest BCUT2D eigenvalue weighted by Crippen LogP contribution is 2.34. The van der Waals surface area contributed by atoms with Gasteiger partial charge in [-0.1, -0.05) is 12.5 Å². The molecule has 9 nitrogen and oxygen atoms in total. The number of nitrogens with zero attached hydrogens (tertiary/aromatic N) is 1. The van der Waals surface area contributed by atoms with E-state index in [4.69, 9.17) is 15.2 Å². The largest absolute Gasteiger partial charge is 0.497 e. The standard InChI is InChI=1S/C25H34FN5O4/c1-14(28-24(33)35-25(2,3)4)20(15-8-6-9-15)30-23-19(26)13-18(21(27)32)22(31-23)29-16-10-7-11-17(12-16)34-5/h7,10-15,20H,6,8-9H2,1-5H3,(H2,27,32)(H,28,33)(H2,29,30,31)/t14-,20-/m0/s1. The number of methoxy groups -OCH3 is 1. The van der Waals surface area contributed by atoms with Crippen LogP contribution in [0.3, 0.4) is 0 Å². The van der Waals surface area contributed by atoms with E-state index in [-0.39, 0.29) is 35.2 Å². The first-order chi connectivity index (χ1) is 16.5. The molecule has 0 aliphatic heterocycles.